The van der Waals surface area contributed by atoms with Crippen LogP contribution in [0.25, 0.3) is 0 Å². The molecule has 0 aliphatic rings. The molecule has 0 N–H and O–H groups in total. The second-order valence-electron chi connectivity index (χ2n) is 10.6. The van der Waals surface area contributed by atoms with E-state index in [1.165, 1.54) is 0 Å². The average Bonchev–Trinajstić information content (AvgIpc) is 2.86. The molecule has 0 aliphatic heterocycles. The van der Waals surface area contributed by atoms with Gasteiger partial charge in [-0.1, -0.05) is 60.8 Å². The van der Waals surface area contributed by atoms with Gasteiger partial charge in [0.2, 0.25) is 0 Å². The molecule has 0 rings (SSSR count). The van der Waals surface area contributed by atoms with Gasteiger partial charge in [-0.05, 0) is 69.7 Å². The maximum absolute atomic E-state index is 14.2. The zero-order chi connectivity index (χ0) is 28.2. The van der Waals surface area contributed by atoms with Crippen LogP contribution in [-0.4, -0.2) is 56.7 Å². The van der Waals surface area contributed by atoms with Crippen molar-refractivity contribution in [1.82, 2.24) is 0 Å². The van der Waals surface area contributed by atoms with E-state index in [2.05, 4.69) is 32.6 Å². The monoisotopic (exact) mass is 538 g/mol. The number of hydrogen-bond acceptors (Lipinski definition) is 7. The molecule has 4 atom stereocenters. The largest absolute Gasteiger partial charge is 0.370 e. The summed E-state index contributed by atoms with van der Waals surface area (Å²) in [5, 5.41) is 0. The van der Waals surface area contributed by atoms with E-state index in [9.17, 15) is 4.53 Å². The molecule has 8 heteroatoms. The van der Waals surface area contributed by atoms with E-state index < -0.39 is 18.1 Å². The predicted molar refractivity (Wildman–Crippen MR) is 146 cm³/mol. The Labute approximate surface area is 227 Å². The first kappa shape index (κ1) is 36.6. The maximum atomic E-state index is 14.2. The lowest BCUT2D eigenvalue weighted by Gasteiger charge is -2.39. The van der Waals surface area contributed by atoms with Crippen LogP contribution in [0.15, 0.2) is 0 Å². The number of rotatable bonds is 26. The first-order chi connectivity index (χ1) is 17.6. The maximum Gasteiger partial charge on any atom is 0.344 e. The zero-order valence-corrected chi connectivity index (χ0v) is 25.4. The first-order valence-electron chi connectivity index (χ1n) is 14.8. The van der Waals surface area contributed by atoms with Crippen molar-refractivity contribution in [3.8, 4) is 0 Å². The van der Waals surface area contributed by atoms with E-state index in [-0.39, 0.29) is 12.2 Å². The summed E-state index contributed by atoms with van der Waals surface area (Å²) in [6, 6.07) is 0. The van der Waals surface area contributed by atoms with Gasteiger partial charge >= 0.3 is 5.97 Å². The molecule has 0 aromatic heterocycles. The molecule has 0 aliphatic carbocycles. The Hall–Kier alpha value is -0.350. The quantitative estimate of drug-likeness (QED) is 0.0814. The lowest BCUT2D eigenvalue weighted by atomic mass is 10.1. The number of unbranched alkanes of at least 4 members (excludes halogenated alkanes) is 3. The minimum absolute atomic E-state index is 0.0413. The fraction of sp³-hybridized carbons (Fsp3) is 1.00. The lowest BCUT2D eigenvalue weighted by Crippen LogP contribution is -2.51. The van der Waals surface area contributed by atoms with Gasteiger partial charge in [0.15, 0.2) is 0 Å². The van der Waals surface area contributed by atoms with Gasteiger partial charge in [-0.2, -0.15) is 0 Å². The predicted octanol–water partition coefficient (Wildman–Crippen LogP) is 8.10. The second-order valence-corrected chi connectivity index (χ2v) is 10.6. The number of ether oxygens (including phenoxy) is 6. The van der Waals surface area contributed by atoms with Crippen LogP contribution in [0, 0.1) is 5.92 Å². The summed E-state index contributed by atoms with van der Waals surface area (Å²) in [7, 11) is 0. The fourth-order valence-corrected chi connectivity index (χ4v) is 3.68. The Morgan fingerprint density at radius 3 is 1.92 bits per heavy atom. The molecule has 0 saturated carbocycles. The van der Waals surface area contributed by atoms with E-state index in [4.69, 9.17) is 28.4 Å². The molecule has 0 amide bonds. The molecule has 0 fully saturated rings. The molecule has 7 nitrogen and oxygen atoms in total. The summed E-state index contributed by atoms with van der Waals surface area (Å²) in [5.74, 6) is -2.79. The van der Waals surface area contributed by atoms with Crippen molar-refractivity contribution in [3.05, 3.63) is 0 Å². The van der Waals surface area contributed by atoms with Crippen LogP contribution in [0.4, 0.5) is 4.53 Å². The molecular weight excluding hydrogens is 479 g/mol. The molecule has 0 aromatic carbocycles. The summed E-state index contributed by atoms with van der Waals surface area (Å²) < 4.78 is 51.1. The number of hydrogen-bond donors (Lipinski definition) is 0. The molecule has 0 bridgehead atoms. The number of halogens is 1. The summed E-state index contributed by atoms with van der Waals surface area (Å²) in [6.07, 6.45) is 6.68. The van der Waals surface area contributed by atoms with E-state index in [0.29, 0.717) is 51.6 Å². The highest BCUT2D eigenvalue weighted by Crippen LogP contribution is 2.33. The van der Waals surface area contributed by atoms with Gasteiger partial charge in [0.05, 0.1) is 32.0 Å². The fourth-order valence-electron chi connectivity index (χ4n) is 3.68. The molecule has 0 heterocycles. The van der Waals surface area contributed by atoms with Crippen LogP contribution in [0.1, 0.15) is 127 Å². The molecule has 0 radical (unpaired) electrons. The highest BCUT2D eigenvalue weighted by Gasteiger charge is 2.47. The van der Waals surface area contributed by atoms with Crippen LogP contribution in [0.3, 0.4) is 0 Å². The standard InChI is InChI=1S/C29H59FO7/c1-10-14-16-22-32-28(34-23-24(5)6,36-26(9)13-4)19-17-18-27(31-20-12-3)29(37-30,35-25(7)8)33-21-15-11-2/h24-27H,10-23H2,1-9H3. The summed E-state index contributed by atoms with van der Waals surface area (Å²) in [4.78, 5) is 4.43. The molecule has 4 unspecified atom stereocenters. The van der Waals surface area contributed by atoms with Crippen molar-refractivity contribution in [2.45, 2.75) is 157 Å². The molecular formula is C29H59FO7. The van der Waals surface area contributed by atoms with Gasteiger partial charge in [-0.3, -0.25) is 0 Å². The minimum Gasteiger partial charge on any atom is -0.370 e. The minimum atomic E-state index is -1.93. The Bertz CT molecular complexity index is 522. The van der Waals surface area contributed by atoms with Crippen LogP contribution in [0.5, 0.6) is 0 Å². The van der Waals surface area contributed by atoms with Crippen molar-refractivity contribution in [2.24, 2.45) is 5.92 Å². The van der Waals surface area contributed by atoms with Gasteiger partial charge in [0.1, 0.15) is 6.10 Å². The highest BCUT2D eigenvalue weighted by molar-refractivity contribution is 4.75. The van der Waals surface area contributed by atoms with Crippen molar-refractivity contribution in [3.63, 3.8) is 0 Å². The van der Waals surface area contributed by atoms with E-state index >= 15 is 0 Å². The van der Waals surface area contributed by atoms with Crippen molar-refractivity contribution in [1.29, 1.82) is 0 Å². The molecule has 0 spiro atoms. The summed E-state index contributed by atoms with van der Waals surface area (Å²) >= 11 is 0. The Kier molecular flexibility index (Phi) is 21.3. The third-order valence-corrected chi connectivity index (χ3v) is 5.84. The molecule has 224 valence electrons. The van der Waals surface area contributed by atoms with Crippen molar-refractivity contribution in [2.75, 3.05) is 26.4 Å². The Balaban J connectivity index is 5.82. The van der Waals surface area contributed by atoms with Crippen LogP contribution in [0.2, 0.25) is 0 Å². The highest BCUT2D eigenvalue weighted by atomic mass is 19.3. The van der Waals surface area contributed by atoms with Gasteiger partial charge in [0.25, 0.3) is 5.97 Å². The van der Waals surface area contributed by atoms with Gasteiger partial charge in [-0.25, -0.2) is 0 Å². The van der Waals surface area contributed by atoms with Gasteiger partial charge in [-0.15, -0.1) is 4.94 Å². The summed E-state index contributed by atoms with van der Waals surface area (Å²) in [6.45, 7) is 20.0. The zero-order valence-electron chi connectivity index (χ0n) is 25.4. The van der Waals surface area contributed by atoms with Gasteiger partial charge in [0, 0.05) is 13.0 Å². The molecule has 0 saturated heterocycles. The first-order valence-corrected chi connectivity index (χ1v) is 14.8. The molecule has 0 aromatic rings. The van der Waals surface area contributed by atoms with Crippen molar-refractivity contribution < 1.29 is 37.9 Å². The SMILES string of the molecule is CCCCCOC(CCCC(OCCC)C(OF)(OCCCC)OC(C)C)(OCC(C)C)OC(C)CC. The average molecular weight is 539 g/mol. The lowest BCUT2D eigenvalue weighted by molar-refractivity contribution is -0.487. The smallest absolute Gasteiger partial charge is 0.344 e. The van der Waals surface area contributed by atoms with E-state index in [0.717, 1.165) is 44.9 Å². The van der Waals surface area contributed by atoms with Crippen LogP contribution in [-0.2, 0) is 33.4 Å². The van der Waals surface area contributed by atoms with Crippen molar-refractivity contribution >= 4 is 0 Å². The van der Waals surface area contributed by atoms with Gasteiger partial charge < -0.3 is 28.4 Å². The second kappa shape index (κ2) is 21.5. The normalized spacial score (nSPS) is 17.2. The third kappa shape index (κ3) is 15.7. The van der Waals surface area contributed by atoms with Crippen LogP contribution >= 0.6 is 0 Å². The Morgan fingerprint density at radius 2 is 1.38 bits per heavy atom. The van der Waals surface area contributed by atoms with Crippen LogP contribution < -0.4 is 0 Å². The topological polar surface area (TPSA) is 64.6 Å². The third-order valence-electron chi connectivity index (χ3n) is 5.84. The van der Waals surface area contributed by atoms with E-state index in [1.807, 2.05) is 34.6 Å². The molecule has 37 heavy (non-hydrogen) atoms. The Morgan fingerprint density at radius 1 is 0.703 bits per heavy atom. The van der Waals surface area contributed by atoms with E-state index in [1.54, 1.807) is 0 Å². The summed E-state index contributed by atoms with van der Waals surface area (Å²) in [5.41, 5.74) is 0.